The second-order valence-electron chi connectivity index (χ2n) is 4.98. The first-order valence-corrected chi connectivity index (χ1v) is 7.02. The zero-order chi connectivity index (χ0) is 14.1. The van der Waals surface area contributed by atoms with Gasteiger partial charge in [-0.3, -0.25) is 0 Å². The van der Waals surface area contributed by atoms with Crippen molar-refractivity contribution in [3.63, 3.8) is 0 Å². The zero-order valence-electron chi connectivity index (χ0n) is 11.5. The van der Waals surface area contributed by atoms with E-state index in [4.69, 9.17) is 5.10 Å². The van der Waals surface area contributed by atoms with Gasteiger partial charge in [0.25, 0.3) is 0 Å². The van der Waals surface area contributed by atoms with Crippen LogP contribution < -0.4 is 0 Å². The van der Waals surface area contributed by atoms with E-state index >= 15 is 0 Å². The SMILES string of the molecule is c1ccc(-c2c3ccccc3nn2-c2ccccc2)cc1. The molecule has 0 atom stereocenters. The van der Waals surface area contributed by atoms with Crippen LogP contribution in [0.4, 0.5) is 0 Å². The monoisotopic (exact) mass is 270 g/mol. The van der Waals surface area contributed by atoms with Crippen LogP contribution >= 0.6 is 0 Å². The second kappa shape index (κ2) is 4.91. The minimum Gasteiger partial charge on any atom is -0.232 e. The smallest absolute Gasteiger partial charge is 0.0934 e. The Hall–Kier alpha value is -2.87. The van der Waals surface area contributed by atoms with E-state index in [-0.39, 0.29) is 0 Å². The van der Waals surface area contributed by atoms with Gasteiger partial charge in [0.1, 0.15) is 0 Å². The molecule has 0 saturated carbocycles. The fourth-order valence-electron chi connectivity index (χ4n) is 2.66. The molecule has 0 saturated heterocycles. The molecule has 0 aliphatic heterocycles. The molecular weight excluding hydrogens is 256 g/mol. The van der Waals surface area contributed by atoms with E-state index in [0.29, 0.717) is 0 Å². The van der Waals surface area contributed by atoms with Crippen molar-refractivity contribution in [3.05, 3.63) is 84.9 Å². The van der Waals surface area contributed by atoms with Gasteiger partial charge in [-0.2, -0.15) is 5.10 Å². The highest BCUT2D eigenvalue weighted by molar-refractivity contribution is 5.94. The molecule has 0 unspecified atom stereocenters. The van der Waals surface area contributed by atoms with Gasteiger partial charge in [0.15, 0.2) is 0 Å². The summed E-state index contributed by atoms with van der Waals surface area (Å²) in [4.78, 5) is 0. The molecule has 0 bridgehead atoms. The molecule has 4 rings (SSSR count). The molecule has 0 spiro atoms. The molecule has 2 heteroatoms. The number of hydrogen-bond acceptors (Lipinski definition) is 1. The molecule has 0 radical (unpaired) electrons. The van der Waals surface area contributed by atoms with E-state index in [0.717, 1.165) is 16.9 Å². The lowest BCUT2D eigenvalue weighted by atomic mass is 10.1. The Labute approximate surface area is 123 Å². The van der Waals surface area contributed by atoms with E-state index in [1.54, 1.807) is 0 Å². The van der Waals surface area contributed by atoms with Crippen molar-refractivity contribution in [2.24, 2.45) is 0 Å². The van der Waals surface area contributed by atoms with Crippen molar-refractivity contribution in [2.75, 3.05) is 0 Å². The fraction of sp³-hybridized carbons (Fsp3) is 0. The molecule has 0 aliphatic rings. The maximum Gasteiger partial charge on any atom is 0.0934 e. The summed E-state index contributed by atoms with van der Waals surface area (Å²) >= 11 is 0. The molecule has 1 aromatic heterocycles. The van der Waals surface area contributed by atoms with Crippen molar-refractivity contribution >= 4 is 10.9 Å². The van der Waals surface area contributed by atoms with Crippen LogP contribution in [0.3, 0.4) is 0 Å². The Balaban J connectivity index is 2.07. The highest BCUT2D eigenvalue weighted by Gasteiger charge is 2.13. The van der Waals surface area contributed by atoms with E-state index in [2.05, 4.69) is 54.6 Å². The van der Waals surface area contributed by atoms with Gasteiger partial charge in [-0.1, -0.05) is 66.7 Å². The van der Waals surface area contributed by atoms with E-state index in [1.165, 1.54) is 10.9 Å². The average molecular weight is 270 g/mol. The lowest BCUT2D eigenvalue weighted by Gasteiger charge is -2.07. The Morgan fingerprint density at radius 1 is 0.619 bits per heavy atom. The van der Waals surface area contributed by atoms with Crippen LogP contribution in [0.5, 0.6) is 0 Å². The van der Waals surface area contributed by atoms with Gasteiger partial charge in [0, 0.05) is 10.9 Å². The fourth-order valence-corrected chi connectivity index (χ4v) is 2.66. The van der Waals surface area contributed by atoms with Crippen molar-refractivity contribution in [1.82, 2.24) is 9.78 Å². The molecule has 21 heavy (non-hydrogen) atoms. The number of fused-ring (bicyclic) bond motifs is 1. The first-order valence-electron chi connectivity index (χ1n) is 7.02. The molecule has 1 heterocycles. The first kappa shape index (κ1) is 11.9. The van der Waals surface area contributed by atoms with Gasteiger partial charge in [-0.15, -0.1) is 0 Å². The van der Waals surface area contributed by atoms with Gasteiger partial charge in [-0.25, -0.2) is 4.68 Å². The maximum absolute atomic E-state index is 4.78. The Morgan fingerprint density at radius 2 is 1.24 bits per heavy atom. The number of nitrogens with zero attached hydrogens (tertiary/aromatic N) is 2. The van der Waals surface area contributed by atoms with Crippen LogP contribution in [-0.4, -0.2) is 9.78 Å². The molecule has 2 nitrogen and oxygen atoms in total. The van der Waals surface area contributed by atoms with Crippen LogP contribution in [0.1, 0.15) is 0 Å². The summed E-state index contributed by atoms with van der Waals surface area (Å²) < 4.78 is 2.03. The van der Waals surface area contributed by atoms with E-state index < -0.39 is 0 Å². The van der Waals surface area contributed by atoms with Crippen molar-refractivity contribution in [1.29, 1.82) is 0 Å². The summed E-state index contributed by atoms with van der Waals surface area (Å²) in [5, 5.41) is 5.95. The molecule has 0 fully saturated rings. The van der Waals surface area contributed by atoms with Crippen LogP contribution in [0.15, 0.2) is 84.9 Å². The topological polar surface area (TPSA) is 17.8 Å². The third-order valence-electron chi connectivity index (χ3n) is 3.63. The van der Waals surface area contributed by atoms with Crippen LogP contribution in [0.25, 0.3) is 27.8 Å². The molecule has 0 N–H and O–H groups in total. The third-order valence-corrected chi connectivity index (χ3v) is 3.63. The quantitative estimate of drug-likeness (QED) is 0.516. The van der Waals surface area contributed by atoms with Crippen LogP contribution in [0.2, 0.25) is 0 Å². The number of hydrogen-bond donors (Lipinski definition) is 0. The van der Waals surface area contributed by atoms with Gasteiger partial charge < -0.3 is 0 Å². The number of para-hydroxylation sites is 1. The summed E-state index contributed by atoms with van der Waals surface area (Å²) in [6, 6.07) is 29.0. The standard InChI is InChI=1S/C19H14N2/c1-3-9-15(10-4-1)19-17-13-7-8-14-18(17)20-21(19)16-11-5-2-6-12-16/h1-14H. The average Bonchev–Trinajstić information content (AvgIpc) is 2.96. The number of aromatic nitrogens is 2. The molecular formula is C19H14N2. The second-order valence-corrected chi connectivity index (χ2v) is 4.98. The summed E-state index contributed by atoms with van der Waals surface area (Å²) in [6.07, 6.45) is 0. The minimum absolute atomic E-state index is 1.01. The maximum atomic E-state index is 4.78. The van der Waals surface area contributed by atoms with Crippen molar-refractivity contribution in [2.45, 2.75) is 0 Å². The van der Waals surface area contributed by atoms with E-state index in [9.17, 15) is 0 Å². The Kier molecular flexibility index (Phi) is 2.79. The lowest BCUT2D eigenvalue weighted by molar-refractivity contribution is 0.904. The number of benzene rings is 3. The van der Waals surface area contributed by atoms with Gasteiger partial charge in [0.05, 0.1) is 16.9 Å². The predicted molar refractivity (Wildman–Crippen MR) is 86.5 cm³/mol. The first-order chi connectivity index (χ1) is 10.4. The van der Waals surface area contributed by atoms with E-state index in [1.807, 2.05) is 35.0 Å². The summed E-state index contributed by atoms with van der Waals surface area (Å²) in [6.45, 7) is 0. The lowest BCUT2D eigenvalue weighted by Crippen LogP contribution is -1.98. The molecule has 100 valence electrons. The van der Waals surface area contributed by atoms with Crippen molar-refractivity contribution < 1.29 is 0 Å². The third kappa shape index (κ3) is 2.01. The highest BCUT2D eigenvalue weighted by Crippen LogP contribution is 2.30. The zero-order valence-corrected chi connectivity index (χ0v) is 11.5. The van der Waals surface area contributed by atoms with Gasteiger partial charge in [-0.05, 0) is 18.2 Å². The Morgan fingerprint density at radius 3 is 2.00 bits per heavy atom. The van der Waals surface area contributed by atoms with Gasteiger partial charge >= 0.3 is 0 Å². The number of rotatable bonds is 2. The summed E-state index contributed by atoms with van der Waals surface area (Å²) in [7, 11) is 0. The Bertz CT molecular complexity index is 877. The van der Waals surface area contributed by atoms with Crippen LogP contribution in [-0.2, 0) is 0 Å². The van der Waals surface area contributed by atoms with Crippen molar-refractivity contribution in [3.8, 4) is 16.9 Å². The summed E-state index contributed by atoms with van der Waals surface area (Å²) in [5.74, 6) is 0. The molecule has 3 aromatic carbocycles. The molecule has 4 aromatic rings. The summed E-state index contributed by atoms with van der Waals surface area (Å²) in [5.41, 5.74) is 4.40. The predicted octanol–water partition coefficient (Wildman–Crippen LogP) is 4.69. The molecule has 0 amide bonds. The highest BCUT2D eigenvalue weighted by atomic mass is 15.3. The largest absolute Gasteiger partial charge is 0.232 e. The van der Waals surface area contributed by atoms with Crippen LogP contribution in [0, 0.1) is 0 Å². The molecule has 0 aliphatic carbocycles. The van der Waals surface area contributed by atoms with Gasteiger partial charge in [0.2, 0.25) is 0 Å². The minimum atomic E-state index is 1.01. The normalized spacial score (nSPS) is 10.9.